The number of halogens is 2. The summed E-state index contributed by atoms with van der Waals surface area (Å²) in [6.07, 6.45) is 0.943. The Balaban J connectivity index is 2.91. The molecule has 1 rings (SSSR count). The van der Waals surface area contributed by atoms with Crippen LogP contribution in [0.5, 0.6) is 0 Å². The lowest BCUT2D eigenvalue weighted by Crippen LogP contribution is -2.41. The lowest BCUT2D eigenvalue weighted by molar-refractivity contribution is -0.116. The fourth-order valence-electron chi connectivity index (χ4n) is 1.50. The summed E-state index contributed by atoms with van der Waals surface area (Å²) in [7, 11) is 4.91. The monoisotopic (exact) mass is 249 g/mol. The van der Waals surface area contributed by atoms with E-state index < -0.39 is 29.3 Å². The van der Waals surface area contributed by atoms with E-state index in [1.165, 1.54) is 0 Å². The molecule has 1 aromatic rings. The molecule has 0 heterocycles. The van der Waals surface area contributed by atoms with E-state index in [0.29, 0.717) is 0 Å². The second-order valence-electron chi connectivity index (χ2n) is 3.65. The van der Waals surface area contributed by atoms with Crippen LogP contribution in [-0.2, 0) is 11.2 Å². The maximum atomic E-state index is 13.0. The van der Waals surface area contributed by atoms with Crippen LogP contribution in [0.3, 0.4) is 0 Å². The van der Waals surface area contributed by atoms with E-state index in [-0.39, 0.29) is 12.0 Å². The van der Waals surface area contributed by atoms with Crippen LogP contribution in [0.4, 0.5) is 13.6 Å². The van der Waals surface area contributed by atoms with Gasteiger partial charge in [-0.25, -0.2) is 8.78 Å². The summed E-state index contributed by atoms with van der Waals surface area (Å²) in [6, 6.07) is 1.89. The van der Waals surface area contributed by atoms with Crippen LogP contribution in [0.2, 0.25) is 0 Å². The van der Waals surface area contributed by atoms with Crippen LogP contribution in [-0.4, -0.2) is 25.5 Å². The molecular weight excluding hydrogens is 239 g/mol. The van der Waals surface area contributed by atoms with E-state index in [0.717, 1.165) is 24.3 Å². The molecule has 0 unspecified atom stereocenters. The molecule has 1 amide bonds. The van der Waals surface area contributed by atoms with Gasteiger partial charge in [-0.15, -0.1) is 0 Å². The summed E-state index contributed by atoms with van der Waals surface area (Å²) in [6.45, 7) is 3.28. The molecule has 2 radical (unpaired) electrons. The van der Waals surface area contributed by atoms with Gasteiger partial charge in [0.25, 0.3) is 0 Å². The molecule has 0 aromatic heterocycles. The maximum absolute atomic E-state index is 13.0. The van der Waals surface area contributed by atoms with Gasteiger partial charge in [0.15, 0.2) is 11.6 Å². The van der Waals surface area contributed by atoms with Crippen LogP contribution in [0.15, 0.2) is 30.9 Å². The number of ketones is 1. The number of nitrogens with one attached hydrogen (secondary N) is 1. The van der Waals surface area contributed by atoms with Crippen LogP contribution in [0.25, 0.3) is 0 Å². The van der Waals surface area contributed by atoms with E-state index >= 15 is 0 Å². The molecular formula is C12H10BF2NO2. The molecule has 1 atom stereocenters. The van der Waals surface area contributed by atoms with Crippen LogP contribution in [0.1, 0.15) is 5.56 Å². The Labute approximate surface area is 104 Å². The van der Waals surface area contributed by atoms with Gasteiger partial charge in [-0.3, -0.25) is 9.59 Å². The minimum atomic E-state index is -0.985. The zero-order chi connectivity index (χ0) is 13.7. The fraction of sp³-hybridized carbons (Fsp3) is 0.167. The third kappa shape index (κ3) is 4.12. The third-order valence-corrected chi connectivity index (χ3v) is 2.22. The molecule has 1 aromatic carbocycles. The van der Waals surface area contributed by atoms with Gasteiger partial charge in [0, 0.05) is 12.5 Å². The minimum absolute atomic E-state index is 0.0670. The molecule has 0 fully saturated rings. The van der Waals surface area contributed by atoms with E-state index in [1.807, 2.05) is 0 Å². The first-order valence-corrected chi connectivity index (χ1v) is 5.09. The fourth-order valence-corrected chi connectivity index (χ4v) is 1.50. The van der Waals surface area contributed by atoms with E-state index in [2.05, 4.69) is 11.9 Å². The summed E-state index contributed by atoms with van der Waals surface area (Å²) >= 11 is 0. The summed E-state index contributed by atoms with van der Waals surface area (Å²) in [5, 5.41) is 2.19. The second-order valence-corrected chi connectivity index (χ2v) is 3.65. The van der Waals surface area contributed by atoms with Crippen molar-refractivity contribution in [3.63, 3.8) is 0 Å². The number of hydrogen-bond acceptors (Lipinski definition) is 2. The van der Waals surface area contributed by atoms with Crippen LogP contribution < -0.4 is 5.32 Å². The predicted octanol–water partition coefficient (Wildman–Crippen LogP) is 1.51. The Morgan fingerprint density at radius 2 is 1.89 bits per heavy atom. The van der Waals surface area contributed by atoms with Crippen molar-refractivity contribution in [2.45, 2.75) is 12.5 Å². The largest absolute Gasteiger partial charge is 0.355 e. The summed E-state index contributed by atoms with van der Waals surface area (Å²) in [4.78, 5) is 22.2. The van der Waals surface area contributed by atoms with Crippen molar-refractivity contribution in [2.75, 3.05) is 0 Å². The number of hydrogen-bond donors (Lipinski definition) is 1. The Morgan fingerprint density at radius 3 is 2.33 bits per heavy atom. The number of carbonyl (C=O) groups excluding carboxylic acids is 2. The highest BCUT2D eigenvalue weighted by Crippen LogP contribution is 2.10. The molecule has 18 heavy (non-hydrogen) atoms. The first kappa shape index (κ1) is 14.1. The zero-order valence-electron chi connectivity index (χ0n) is 9.45. The van der Waals surface area contributed by atoms with Crippen molar-refractivity contribution >= 4 is 19.4 Å². The Kier molecular flexibility index (Phi) is 4.77. The van der Waals surface area contributed by atoms with Crippen molar-refractivity contribution in [1.82, 2.24) is 5.32 Å². The topological polar surface area (TPSA) is 46.2 Å². The number of amides is 1. The SMILES string of the molecule is [B]C(=O)N[C@@H](Cc1cc(F)cc(F)c1)C(=O)C=C. The maximum Gasteiger partial charge on any atom is 0.200 e. The van der Waals surface area contributed by atoms with Gasteiger partial charge in [-0.05, 0) is 23.8 Å². The molecule has 1 N–H and O–H groups in total. The van der Waals surface area contributed by atoms with Gasteiger partial charge >= 0.3 is 0 Å². The average molecular weight is 249 g/mol. The Morgan fingerprint density at radius 1 is 1.33 bits per heavy atom. The molecule has 92 valence electrons. The lowest BCUT2D eigenvalue weighted by atomic mass is 10.00. The molecule has 0 bridgehead atoms. The van der Waals surface area contributed by atoms with Crippen molar-refractivity contribution < 1.29 is 18.4 Å². The molecule has 0 saturated heterocycles. The predicted molar refractivity (Wildman–Crippen MR) is 63.3 cm³/mol. The highest BCUT2D eigenvalue weighted by Gasteiger charge is 2.17. The third-order valence-electron chi connectivity index (χ3n) is 2.22. The van der Waals surface area contributed by atoms with E-state index in [4.69, 9.17) is 7.85 Å². The van der Waals surface area contributed by atoms with Gasteiger partial charge in [0.1, 0.15) is 11.6 Å². The summed E-state index contributed by atoms with van der Waals surface area (Å²) in [5.41, 5.74) is 0.237. The average Bonchev–Trinajstić information content (AvgIpc) is 2.25. The zero-order valence-corrected chi connectivity index (χ0v) is 9.45. The van der Waals surface area contributed by atoms with Crippen molar-refractivity contribution in [3.05, 3.63) is 48.1 Å². The second kappa shape index (κ2) is 6.09. The summed E-state index contributed by atoms with van der Waals surface area (Å²) in [5.74, 6) is -2.90. The van der Waals surface area contributed by atoms with Gasteiger partial charge in [0.05, 0.1) is 6.04 Å². The van der Waals surface area contributed by atoms with Crippen molar-refractivity contribution in [3.8, 4) is 0 Å². The Hall–Kier alpha value is -1.98. The quantitative estimate of drug-likeness (QED) is 0.635. The van der Waals surface area contributed by atoms with Crippen molar-refractivity contribution in [2.24, 2.45) is 0 Å². The van der Waals surface area contributed by atoms with Crippen LogP contribution >= 0.6 is 0 Å². The molecule has 0 saturated carbocycles. The highest BCUT2D eigenvalue weighted by molar-refractivity contribution is 6.57. The number of rotatable bonds is 5. The standard InChI is InChI=1S/C12H10BF2NO2/c1-2-11(17)10(16-12(13)18)5-7-3-8(14)6-9(15)4-7/h2-4,6,10H,1,5H2,(H,16,18)/t10-/m0/s1. The first-order chi connectivity index (χ1) is 8.42. The van der Waals surface area contributed by atoms with Gasteiger partial charge in [-0.2, -0.15) is 0 Å². The normalized spacial score (nSPS) is 11.7. The smallest absolute Gasteiger partial charge is 0.200 e. The molecule has 3 nitrogen and oxygen atoms in total. The Bertz CT molecular complexity index is 471. The lowest BCUT2D eigenvalue weighted by Gasteiger charge is -2.15. The number of benzene rings is 1. The van der Waals surface area contributed by atoms with E-state index in [1.54, 1.807) is 0 Å². The molecule has 0 aliphatic rings. The minimum Gasteiger partial charge on any atom is -0.355 e. The summed E-state index contributed by atoms with van der Waals surface area (Å²) < 4.78 is 25.9. The molecule has 0 aliphatic heterocycles. The van der Waals surface area contributed by atoms with Crippen LogP contribution in [0, 0.1) is 11.6 Å². The molecule has 6 heteroatoms. The highest BCUT2D eigenvalue weighted by atomic mass is 19.1. The molecule has 0 aliphatic carbocycles. The van der Waals surface area contributed by atoms with Gasteiger partial charge < -0.3 is 5.32 Å². The first-order valence-electron chi connectivity index (χ1n) is 5.09. The number of carbonyl (C=O) groups is 2. The molecule has 0 spiro atoms. The van der Waals surface area contributed by atoms with Gasteiger partial charge in [0.2, 0.25) is 7.85 Å². The van der Waals surface area contributed by atoms with E-state index in [9.17, 15) is 18.4 Å². The van der Waals surface area contributed by atoms with Gasteiger partial charge in [-0.1, -0.05) is 6.58 Å². The van der Waals surface area contributed by atoms with Crippen molar-refractivity contribution in [1.29, 1.82) is 0 Å².